The van der Waals surface area contributed by atoms with Gasteiger partial charge in [0.25, 0.3) is 0 Å². The molecular weight excluding hydrogens is 301 g/mol. The number of thioether (sulfide) groups is 1. The number of hydrogen-bond donors (Lipinski definition) is 1. The van der Waals surface area contributed by atoms with Crippen LogP contribution in [0.4, 0.5) is 13.2 Å². The second-order valence-corrected chi connectivity index (χ2v) is 6.40. The standard InChI is InChI=1S/C14H17F3N2OS/c1-9-12(20)19(8-7-18-2)13(21-9)10-3-5-11(6-4-10)14(15,16)17/h3-6,9,13,18H,7-8H2,1-2H3/p+1/t9-,13+/m1/s1. The molecule has 0 saturated carbocycles. The zero-order chi connectivity index (χ0) is 15.6. The van der Waals surface area contributed by atoms with Gasteiger partial charge >= 0.3 is 6.18 Å². The summed E-state index contributed by atoms with van der Waals surface area (Å²) in [6.07, 6.45) is -4.33. The molecule has 0 unspecified atom stereocenters. The predicted molar refractivity (Wildman–Crippen MR) is 75.7 cm³/mol. The van der Waals surface area contributed by atoms with Crippen molar-refractivity contribution in [3.05, 3.63) is 35.4 Å². The molecule has 1 aromatic rings. The van der Waals surface area contributed by atoms with E-state index >= 15 is 0 Å². The normalized spacial score (nSPS) is 22.9. The first-order chi connectivity index (χ1) is 9.84. The zero-order valence-corrected chi connectivity index (χ0v) is 12.7. The second kappa shape index (κ2) is 6.27. The average Bonchev–Trinajstić information content (AvgIpc) is 2.72. The van der Waals surface area contributed by atoms with Crippen LogP contribution in [0.1, 0.15) is 23.4 Å². The fourth-order valence-corrected chi connectivity index (χ4v) is 3.57. The van der Waals surface area contributed by atoms with Crippen molar-refractivity contribution in [1.82, 2.24) is 4.90 Å². The Hall–Kier alpha value is -1.21. The van der Waals surface area contributed by atoms with Gasteiger partial charge in [0.05, 0.1) is 31.0 Å². The number of amides is 1. The number of nitrogens with zero attached hydrogens (tertiary/aromatic N) is 1. The van der Waals surface area contributed by atoms with Crippen LogP contribution in [0.15, 0.2) is 24.3 Å². The first kappa shape index (κ1) is 16.2. The summed E-state index contributed by atoms with van der Waals surface area (Å²) in [4.78, 5) is 13.9. The highest BCUT2D eigenvalue weighted by atomic mass is 32.2. The van der Waals surface area contributed by atoms with Crippen LogP contribution in [0.3, 0.4) is 0 Å². The second-order valence-electron chi connectivity index (χ2n) is 4.98. The number of carbonyl (C=O) groups is 1. The van der Waals surface area contributed by atoms with Gasteiger partial charge in [0.2, 0.25) is 5.91 Å². The predicted octanol–water partition coefficient (Wildman–Crippen LogP) is 1.86. The van der Waals surface area contributed by atoms with Crippen molar-refractivity contribution >= 4 is 17.7 Å². The van der Waals surface area contributed by atoms with Crippen LogP contribution in [0.5, 0.6) is 0 Å². The third kappa shape index (κ3) is 3.52. The molecule has 3 nitrogen and oxygen atoms in total. The Morgan fingerprint density at radius 3 is 2.43 bits per heavy atom. The minimum atomic E-state index is -4.33. The SMILES string of the molecule is C[NH2+]CCN1C(=O)[C@@H](C)S[C@H]1c1ccc(C(F)(F)F)cc1. The monoisotopic (exact) mass is 319 g/mol. The topological polar surface area (TPSA) is 36.9 Å². The van der Waals surface area contributed by atoms with E-state index in [-0.39, 0.29) is 16.5 Å². The average molecular weight is 319 g/mol. The quantitative estimate of drug-likeness (QED) is 0.920. The summed E-state index contributed by atoms with van der Waals surface area (Å²) in [7, 11) is 1.92. The summed E-state index contributed by atoms with van der Waals surface area (Å²) in [5.74, 6) is 0.0479. The number of hydrogen-bond acceptors (Lipinski definition) is 2. The first-order valence-electron chi connectivity index (χ1n) is 6.75. The lowest BCUT2D eigenvalue weighted by molar-refractivity contribution is -0.626. The zero-order valence-electron chi connectivity index (χ0n) is 11.9. The van der Waals surface area contributed by atoms with Gasteiger partial charge in [0, 0.05) is 0 Å². The van der Waals surface area contributed by atoms with Crippen LogP contribution in [-0.2, 0) is 11.0 Å². The molecule has 1 heterocycles. The van der Waals surface area contributed by atoms with Gasteiger partial charge in [-0.05, 0) is 24.6 Å². The minimum Gasteiger partial charge on any atom is -0.347 e. The Morgan fingerprint density at radius 2 is 1.90 bits per heavy atom. The van der Waals surface area contributed by atoms with Crippen molar-refractivity contribution in [2.45, 2.75) is 23.7 Å². The Balaban J connectivity index is 2.21. The van der Waals surface area contributed by atoms with Crippen LogP contribution >= 0.6 is 11.8 Å². The number of likely N-dealkylation sites (N-methyl/N-ethyl adjacent to an activating group) is 1. The molecule has 1 amide bonds. The van der Waals surface area contributed by atoms with Crippen molar-refractivity contribution in [2.75, 3.05) is 20.1 Å². The van der Waals surface area contributed by atoms with Gasteiger partial charge < -0.3 is 10.2 Å². The van der Waals surface area contributed by atoms with E-state index in [1.54, 1.807) is 4.90 Å². The van der Waals surface area contributed by atoms with Gasteiger partial charge in [-0.1, -0.05) is 12.1 Å². The molecule has 0 aliphatic carbocycles. The molecule has 1 fully saturated rings. The smallest absolute Gasteiger partial charge is 0.347 e. The van der Waals surface area contributed by atoms with Crippen molar-refractivity contribution in [2.24, 2.45) is 0 Å². The van der Waals surface area contributed by atoms with Crippen LogP contribution in [0, 0.1) is 0 Å². The molecule has 2 atom stereocenters. The number of rotatable bonds is 4. The summed E-state index contributed by atoms with van der Waals surface area (Å²) in [6, 6.07) is 5.09. The summed E-state index contributed by atoms with van der Waals surface area (Å²) >= 11 is 1.48. The Morgan fingerprint density at radius 1 is 1.29 bits per heavy atom. The first-order valence-corrected chi connectivity index (χ1v) is 7.69. The number of nitrogens with two attached hydrogens (primary N) is 1. The van der Waals surface area contributed by atoms with E-state index in [0.717, 1.165) is 24.2 Å². The number of halogens is 3. The minimum absolute atomic E-state index is 0.0479. The Labute approximate surface area is 125 Å². The van der Waals surface area contributed by atoms with Crippen molar-refractivity contribution in [1.29, 1.82) is 0 Å². The molecule has 0 aromatic heterocycles. The maximum Gasteiger partial charge on any atom is 0.416 e. The number of benzene rings is 1. The lowest BCUT2D eigenvalue weighted by Gasteiger charge is -2.23. The molecule has 1 aromatic carbocycles. The van der Waals surface area contributed by atoms with Crippen molar-refractivity contribution in [3.63, 3.8) is 0 Å². The van der Waals surface area contributed by atoms with Gasteiger partial charge in [-0.3, -0.25) is 4.79 Å². The van der Waals surface area contributed by atoms with E-state index in [1.807, 2.05) is 19.3 Å². The molecule has 7 heteroatoms. The molecule has 0 spiro atoms. The molecule has 2 N–H and O–H groups in total. The Bertz CT molecular complexity index is 504. The van der Waals surface area contributed by atoms with Crippen molar-refractivity contribution < 1.29 is 23.3 Å². The lowest BCUT2D eigenvalue weighted by atomic mass is 10.1. The van der Waals surface area contributed by atoms with Gasteiger partial charge in [0.15, 0.2) is 0 Å². The van der Waals surface area contributed by atoms with Gasteiger partial charge in [-0.25, -0.2) is 0 Å². The number of alkyl halides is 3. The van der Waals surface area contributed by atoms with Crippen LogP contribution < -0.4 is 5.32 Å². The van der Waals surface area contributed by atoms with E-state index in [1.165, 1.54) is 23.9 Å². The molecular formula is C14H18F3N2OS+. The summed E-state index contributed by atoms with van der Waals surface area (Å²) in [6.45, 7) is 3.20. The Kier molecular flexibility index (Phi) is 4.83. The van der Waals surface area contributed by atoms with Gasteiger partial charge in [-0.2, -0.15) is 13.2 Å². The molecule has 1 aliphatic heterocycles. The van der Waals surface area contributed by atoms with Crippen molar-refractivity contribution in [3.8, 4) is 0 Å². The molecule has 2 rings (SSSR count). The third-order valence-corrected chi connectivity index (χ3v) is 4.82. The third-order valence-electron chi connectivity index (χ3n) is 3.43. The summed E-state index contributed by atoms with van der Waals surface area (Å²) in [5.41, 5.74) is 0.0730. The largest absolute Gasteiger partial charge is 0.416 e. The number of quaternary nitrogens is 1. The fourth-order valence-electron chi connectivity index (χ4n) is 2.26. The molecule has 0 bridgehead atoms. The maximum atomic E-state index is 12.6. The fraction of sp³-hybridized carbons (Fsp3) is 0.500. The van der Waals surface area contributed by atoms with E-state index < -0.39 is 11.7 Å². The molecule has 1 saturated heterocycles. The van der Waals surface area contributed by atoms with Crippen LogP contribution in [-0.4, -0.2) is 36.2 Å². The highest BCUT2D eigenvalue weighted by Gasteiger charge is 2.38. The lowest BCUT2D eigenvalue weighted by Crippen LogP contribution is -2.81. The highest BCUT2D eigenvalue weighted by Crippen LogP contribution is 2.43. The molecule has 0 radical (unpaired) electrons. The molecule has 1 aliphatic rings. The van der Waals surface area contributed by atoms with E-state index in [2.05, 4.69) is 0 Å². The van der Waals surface area contributed by atoms with Gasteiger partial charge in [0.1, 0.15) is 5.37 Å². The van der Waals surface area contributed by atoms with Crippen LogP contribution in [0.25, 0.3) is 0 Å². The van der Waals surface area contributed by atoms with Gasteiger partial charge in [-0.15, -0.1) is 11.8 Å². The molecule has 21 heavy (non-hydrogen) atoms. The molecule has 116 valence electrons. The van der Waals surface area contributed by atoms with E-state index in [4.69, 9.17) is 0 Å². The highest BCUT2D eigenvalue weighted by molar-refractivity contribution is 8.01. The number of carbonyl (C=O) groups excluding carboxylic acids is 1. The van der Waals surface area contributed by atoms with E-state index in [9.17, 15) is 18.0 Å². The summed E-state index contributed by atoms with van der Waals surface area (Å²) < 4.78 is 37.8. The maximum absolute atomic E-state index is 12.6. The van der Waals surface area contributed by atoms with Crippen LogP contribution in [0.2, 0.25) is 0 Å². The van der Waals surface area contributed by atoms with E-state index in [0.29, 0.717) is 6.54 Å². The summed E-state index contributed by atoms with van der Waals surface area (Å²) in [5, 5.41) is 1.62.